The number of aryl methyl sites for hydroxylation is 1. The highest BCUT2D eigenvalue weighted by Gasteiger charge is 2.20. The van der Waals surface area contributed by atoms with E-state index in [0.29, 0.717) is 6.04 Å². The van der Waals surface area contributed by atoms with Crippen molar-refractivity contribution in [1.82, 2.24) is 14.5 Å². The Hall–Kier alpha value is -1.35. The highest BCUT2D eigenvalue weighted by atomic mass is 15.1. The zero-order valence-electron chi connectivity index (χ0n) is 11.3. The van der Waals surface area contributed by atoms with Crippen molar-refractivity contribution in [3.8, 4) is 0 Å². The lowest BCUT2D eigenvalue weighted by Gasteiger charge is -2.32. The molecule has 3 nitrogen and oxygen atoms in total. The average molecular weight is 243 g/mol. The number of pyridine rings is 1. The van der Waals surface area contributed by atoms with Crippen molar-refractivity contribution in [3.05, 3.63) is 30.2 Å². The van der Waals surface area contributed by atoms with Crippen LogP contribution >= 0.6 is 0 Å². The highest BCUT2D eigenvalue weighted by Crippen LogP contribution is 2.29. The summed E-state index contributed by atoms with van der Waals surface area (Å²) in [7, 11) is 0. The Labute approximate surface area is 108 Å². The van der Waals surface area contributed by atoms with E-state index in [2.05, 4.69) is 40.6 Å². The molecule has 0 aliphatic carbocycles. The van der Waals surface area contributed by atoms with Crippen LogP contribution in [0.2, 0.25) is 0 Å². The highest BCUT2D eigenvalue weighted by molar-refractivity contribution is 5.82. The minimum absolute atomic E-state index is 0.659. The zero-order chi connectivity index (χ0) is 12.5. The molecule has 0 amide bonds. The van der Waals surface area contributed by atoms with E-state index in [1.165, 1.54) is 48.9 Å². The zero-order valence-corrected chi connectivity index (χ0v) is 11.3. The summed E-state index contributed by atoms with van der Waals surface area (Å²) in [5.74, 6) is 0. The van der Waals surface area contributed by atoms with E-state index >= 15 is 0 Å². The molecule has 0 saturated carbocycles. The van der Waals surface area contributed by atoms with Gasteiger partial charge in [-0.1, -0.05) is 6.92 Å². The molecule has 0 unspecified atom stereocenters. The molecule has 1 saturated heterocycles. The smallest absolute Gasteiger partial charge is 0.0516 e. The van der Waals surface area contributed by atoms with Gasteiger partial charge in [0.15, 0.2) is 0 Å². The van der Waals surface area contributed by atoms with Crippen LogP contribution in [-0.2, 0) is 0 Å². The Morgan fingerprint density at radius 3 is 2.83 bits per heavy atom. The van der Waals surface area contributed by atoms with Crippen molar-refractivity contribution in [3.63, 3.8) is 0 Å². The molecule has 3 rings (SSSR count). The van der Waals surface area contributed by atoms with Gasteiger partial charge in [0.25, 0.3) is 0 Å². The van der Waals surface area contributed by atoms with Crippen LogP contribution in [-0.4, -0.2) is 34.1 Å². The van der Waals surface area contributed by atoms with E-state index < -0.39 is 0 Å². The van der Waals surface area contributed by atoms with Crippen LogP contribution in [0, 0.1) is 6.92 Å². The van der Waals surface area contributed by atoms with Crippen LogP contribution in [0.15, 0.2) is 24.7 Å². The predicted octanol–water partition coefficient (Wildman–Crippen LogP) is 3.00. The molecule has 1 aliphatic rings. The lowest BCUT2D eigenvalue weighted by atomic mass is 10.0. The monoisotopic (exact) mass is 243 g/mol. The van der Waals surface area contributed by atoms with Gasteiger partial charge in [-0.05, 0) is 37.9 Å². The summed E-state index contributed by atoms with van der Waals surface area (Å²) in [6.45, 7) is 8.07. The lowest BCUT2D eigenvalue weighted by molar-refractivity contribution is 0.197. The Balaban J connectivity index is 1.91. The second-order valence-corrected chi connectivity index (χ2v) is 5.28. The Kier molecular flexibility index (Phi) is 3.08. The van der Waals surface area contributed by atoms with Crippen LogP contribution < -0.4 is 0 Å². The molecule has 0 bridgehead atoms. The van der Waals surface area contributed by atoms with Crippen LogP contribution in [0.5, 0.6) is 0 Å². The molecule has 2 aromatic heterocycles. The number of aromatic nitrogens is 2. The number of piperidine rings is 1. The Bertz CT molecular complexity index is 536. The first-order valence-corrected chi connectivity index (χ1v) is 6.93. The molecular weight excluding hydrogens is 222 g/mol. The summed E-state index contributed by atoms with van der Waals surface area (Å²) >= 11 is 0. The van der Waals surface area contributed by atoms with Crippen molar-refractivity contribution in [2.24, 2.45) is 0 Å². The summed E-state index contributed by atoms with van der Waals surface area (Å²) in [6, 6.07) is 2.81. The van der Waals surface area contributed by atoms with Crippen molar-refractivity contribution in [1.29, 1.82) is 0 Å². The summed E-state index contributed by atoms with van der Waals surface area (Å²) in [5.41, 5.74) is 2.69. The topological polar surface area (TPSA) is 21.1 Å². The molecule has 96 valence electrons. The van der Waals surface area contributed by atoms with Gasteiger partial charge in [0.05, 0.1) is 5.52 Å². The summed E-state index contributed by atoms with van der Waals surface area (Å²) in [6.07, 6.45) is 8.72. The number of hydrogen-bond acceptors (Lipinski definition) is 2. The molecule has 3 heteroatoms. The molecule has 2 aromatic rings. The molecule has 0 aromatic carbocycles. The van der Waals surface area contributed by atoms with Crippen molar-refractivity contribution < 1.29 is 0 Å². The second-order valence-electron chi connectivity index (χ2n) is 5.28. The SMILES string of the molecule is CCN1CCC(n2cc(C)c3cnccc32)CC1. The van der Waals surface area contributed by atoms with Crippen LogP contribution in [0.25, 0.3) is 10.9 Å². The fourth-order valence-corrected chi connectivity index (χ4v) is 3.08. The predicted molar refractivity (Wildman–Crippen MR) is 74.9 cm³/mol. The summed E-state index contributed by atoms with van der Waals surface area (Å²) < 4.78 is 2.47. The normalized spacial score (nSPS) is 18.6. The van der Waals surface area contributed by atoms with Gasteiger partial charge in [0.2, 0.25) is 0 Å². The molecule has 0 atom stereocenters. The van der Waals surface area contributed by atoms with Crippen LogP contribution in [0.1, 0.15) is 31.4 Å². The molecule has 0 N–H and O–H groups in total. The fraction of sp³-hybridized carbons (Fsp3) is 0.533. The van der Waals surface area contributed by atoms with Crippen molar-refractivity contribution in [2.75, 3.05) is 19.6 Å². The number of likely N-dealkylation sites (tertiary alicyclic amines) is 1. The molecule has 0 spiro atoms. The number of nitrogens with zero attached hydrogens (tertiary/aromatic N) is 3. The van der Waals surface area contributed by atoms with Gasteiger partial charge in [-0.15, -0.1) is 0 Å². The number of rotatable bonds is 2. The van der Waals surface area contributed by atoms with E-state index in [1.807, 2.05) is 12.4 Å². The molecule has 3 heterocycles. The first kappa shape index (κ1) is 11.7. The summed E-state index contributed by atoms with van der Waals surface area (Å²) in [5, 5.41) is 1.30. The fourth-order valence-electron chi connectivity index (χ4n) is 3.08. The Morgan fingerprint density at radius 2 is 2.11 bits per heavy atom. The maximum absolute atomic E-state index is 4.24. The van der Waals surface area contributed by atoms with Crippen LogP contribution in [0.3, 0.4) is 0 Å². The number of hydrogen-bond donors (Lipinski definition) is 0. The van der Waals surface area contributed by atoms with E-state index in [0.717, 1.165) is 0 Å². The second kappa shape index (κ2) is 4.73. The molecule has 1 fully saturated rings. The largest absolute Gasteiger partial charge is 0.344 e. The van der Waals surface area contributed by atoms with Crippen molar-refractivity contribution >= 4 is 10.9 Å². The van der Waals surface area contributed by atoms with Crippen LogP contribution in [0.4, 0.5) is 0 Å². The van der Waals surface area contributed by atoms with Gasteiger partial charge >= 0.3 is 0 Å². The Morgan fingerprint density at radius 1 is 1.33 bits per heavy atom. The minimum Gasteiger partial charge on any atom is -0.344 e. The van der Waals surface area contributed by atoms with Gasteiger partial charge < -0.3 is 9.47 Å². The third kappa shape index (κ3) is 1.93. The van der Waals surface area contributed by atoms with E-state index in [4.69, 9.17) is 0 Å². The maximum atomic E-state index is 4.24. The van der Waals surface area contributed by atoms with Gasteiger partial charge in [0, 0.05) is 43.1 Å². The van der Waals surface area contributed by atoms with Crippen molar-refractivity contribution in [2.45, 2.75) is 32.7 Å². The molecule has 18 heavy (non-hydrogen) atoms. The minimum atomic E-state index is 0.659. The third-order valence-electron chi connectivity index (χ3n) is 4.23. The van der Waals surface area contributed by atoms with E-state index in [9.17, 15) is 0 Å². The molecule has 0 radical (unpaired) electrons. The van der Waals surface area contributed by atoms with E-state index in [1.54, 1.807) is 0 Å². The third-order valence-corrected chi connectivity index (χ3v) is 4.23. The van der Waals surface area contributed by atoms with Gasteiger partial charge in [-0.2, -0.15) is 0 Å². The average Bonchev–Trinajstić information content (AvgIpc) is 2.77. The quantitative estimate of drug-likeness (QED) is 0.808. The lowest BCUT2D eigenvalue weighted by Crippen LogP contribution is -2.34. The first-order valence-electron chi connectivity index (χ1n) is 6.93. The molecular formula is C15H21N3. The standard InChI is InChI=1S/C15H21N3/c1-3-17-8-5-13(6-9-17)18-11-12(2)14-10-16-7-4-15(14)18/h4,7,10-11,13H,3,5-6,8-9H2,1-2H3. The van der Waals surface area contributed by atoms with Gasteiger partial charge in [0.1, 0.15) is 0 Å². The van der Waals surface area contributed by atoms with Gasteiger partial charge in [-0.3, -0.25) is 4.98 Å². The van der Waals surface area contributed by atoms with Gasteiger partial charge in [-0.25, -0.2) is 0 Å². The maximum Gasteiger partial charge on any atom is 0.0516 e. The summed E-state index contributed by atoms with van der Waals surface area (Å²) in [4.78, 5) is 6.77. The van der Waals surface area contributed by atoms with E-state index in [-0.39, 0.29) is 0 Å². The molecule has 1 aliphatic heterocycles. The first-order chi connectivity index (χ1) is 8.79. The number of fused-ring (bicyclic) bond motifs is 1.